The van der Waals surface area contributed by atoms with Gasteiger partial charge in [-0.25, -0.2) is 17.9 Å². The standard InChI is InChI=1S/C11H23N3O5S/c1-8(2)6-9(10(15)16)7-14-11(17)13-4-5-20(18,19)12-3/h8-9,12H,4-7H2,1-3H3,(H,15,16)(H2,13,14,17). The minimum atomic E-state index is -3.36. The van der Waals surface area contributed by atoms with Gasteiger partial charge >= 0.3 is 12.0 Å². The van der Waals surface area contributed by atoms with E-state index in [1.165, 1.54) is 7.05 Å². The van der Waals surface area contributed by atoms with Gasteiger partial charge in [-0.15, -0.1) is 0 Å². The number of rotatable bonds is 9. The molecule has 0 aromatic rings. The molecule has 0 saturated heterocycles. The molecule has 0 aromatic carbocycles. The number of hydrogen-bond donors (Lipinski definition) is 4. The molecule has 0 radical (unpaired) electrons. The molecule has 0 rings (SSSR count). The molecule has 20 heavy (non-hydrogen) atoms. The number of carboxylic acid groups (broad SMARTS) is 1. The molecule has 118 valence electrons. The predicted molar refractivity (Wildman–Crippen MR) is 74.8 cm³/mol. The molecule has 0 aliphatic rings. The molecule has 0 aliphatic heterocycles. The van der Waals surface area contributed by atoms with Crippen LogP contribution in [0.4, 0.5) is 4.79 Å². The van der Waals surface area contributed by atoms with Gasteiger partial charge in [0.25, 0.3) is 0 Å². The van der Waals surface area contributed by atoms with Crippen molar-refractivity contribution in [3.05, 3.63) is 0 Å². The SMILES string of the molecule is CNS(=O)(=O)CCNC(=O)NCC(CC(C)C)C(=O)O. The van der Waals surface area contributed by atoms with Crippen LogP contribution in [0.15, 0.2) is 0 Å². The van der Waals surface area contributed by atoms with E-state index < -0.39 is 27.9 Å². The van der Waals surface area contributed by atoms with E-state index in [-0.39, 0.29) is 24.8 Å². The molecular formula is C11H23N3O5S. The molecule has 0 bridgehead atoms. The van der Waals surface area contributed by atoms with Gasteiger partial charge in [0.2, 0.25) is 10.0 Å². The zero-order valence-corrected chi connectivity index (χ0v) is 12.8. The van der Waals surface area contributed by atoms with Crippen LogP contribution >= 0.6 is 0 Å². The highest BCUT2D eigenvalue weighted by Crippen LogP contribution is 2.10. The number of carbonyl (C=O) groups is 2. The molecule has 9 heteroatoms. The lowest BCUT2D eigenvalue weighted by molar-refractivity contribution is -0.142. The topological polar surface area (TPSA) is 125 Å². The van der Waals surface area contributed by atoms with E-state index >= 15 is 0 Å². The molecule has 0 spiro atoms. The Labute approximate surface area is 119 Å². The van der Waals surface area contributed by atoms with E-state index in [9.17, 15) is 18.0 Å². The number of hydrogen-bond acceptors (Lipinski definition) is 4. The first-order valence-electron chi connectivity index (χ1n) is 6.33. The summed E-state index contributed by atoms with van der Waals surface area (Å²) in [6.45, 7) is 3.77. The van der Waals surface area contributed by atoms with Gasteiger partial charge in [-0.3, -0.25) is 4.79 Å². The number of urea groups is 1. The number of carbonyl (C=O) groups excluding carboxylic acids is 1. The van der Waals surface area contributed by atoms with Crippen LogP contribution in [0.25, 0.3) is 0 Å². The summed E-state index contributed by atoms with van der Waals surface area (Å²) in [6.07, 6.45) is 0.462. The third-order valence-corrected chi connectivity index (χ3v) is 3.95. The Morgan fingerprint density at radius 2 is 1.80 bits per heavy atom. The number of carboxylic acids is 1. The summed E-state index contributed by atoms with van der Waals surface area (Å²) in [4.78, 5) is 22.4. The van der Waals surface area contributed by atoms with Crippen LogP contribution in [0, 0.1) is 11.8 Å². The van der Waals surface area contributed by atoms with Crippen LogP contribution in [0.5, 0.6) is 0 Å². The van der Waals surface area contributed by atoms with Crippen LogP contribution in [0.1, 0.15) is 20.3 Å². The number of sulfonamides is 1. The first kappa shape index (κ1) is 18.7. The van der Waals surface area contributed by atoms with Gasteiger partial charge in [-0.1, -0.05) is 13.8 Å². The molecule has 4 N–H and O–H groups in total. The van der Waals surface area contributed by atoms with Crippen molar-refractivity contribution >= 4 is 22.0 Å². The molecular weight excluding hydrogens is 286 g/mol. The summed E-state index contributed by atoms with van der Waals surface area (Å²) in [7, 11) is -2.07. The summed E-state index contributed by atoms with van der Waals surface area (Å²) in [5.74, 6) is -1.63. The summed E-state index contributed by atoms with van der Waals surface area (Å²) in [5, 5.41) is 13.8. The first-order chi connectivity index (χ1) is 9.18. The molecule has 1 atom stereocenters. The van der Waals surface area contributed by atoms with E-state index in [0.717, 1.165) is 0 Å². The second kappa shape index (κ2) is 8.75. The monoisotopic (exact) mass is 309 g/mol. The highest BCUT2D eigenvalue weighted by Gasteiger charge is 2.19. The van der Waals surface area contributed by atoms with E-state index in [1.54, 1.807) is 0 Å². The third-order valence-electron chi connectivity index (χ3n) is 2.58. The number of aliphatic carboxylic acids is 1. The Bertz CT molecular complexity index is 422. The smallest absolute Gasteiger partial charge is 0.314 e. The van der Waals surface area contributed by atoms with Gasteiger partial charge in [0.05, 0.1) is 11.7 Å². The van der Waals surface area contributed by atoms with Crippen molar-refractivity contribution in [1.29, 1.82) is 0 Å². The maximum absolute atomic E-state index is 11.4. The second-order valence-corrected chi connectivity index (χ2v) is 6.87. The van der Waals surface area contributed by atoms with Crippen LogP contribution in [-0.2, 0) is 14.8 Å². The van der Waals surface area contributed by atoms with Crippen molar-refractivity contribution in [3.8, 4) is 0 Å². The van der Waals surface area contributed by atoms with Gasteiger partial charge < -0.3 is 15.7 Å². The lowest BCUT2D eigenvalue weighted by Gasteiger charge is -2.15. The Balaban J connectivity index is 4.05. The first-order valence-corrected chi connectivity index (χ1v) is 7.99. The number of nitrogens with one attached hydrogen (secondary N) is 3. The normalized spacial score (nSPS) is 13.0. The lowest BCUT2D eigenvalue weighted by atomic mass is 9.97. The molecule has 8 nitrogen and oxygen atoms in total. The molecule has 1 unspecified atom stereocenters. The fraction of sp³-hybridized carbons (Fsp3) is 0.818. The number of amides is 2. The van der Waals surface area contributed by atoms with Crippen molar-refractivity contribution in [2.45, 2.75) is 20.3 Å². The van der Waals surface area contributed by atoms with E-state index in [2.05, 4.69) is 15.4 Å². The van der Waals surface area contributed by atoms with E-state index in [4.69, 9.17) is 5.11 Å². The van der Waals surface area contributed by atoms with Gasteiger partial charge in [-0.2, -0.15) is 0 Å². The lowest BCUT2D eigenvalue weighted by Crippen LogP contribution is -2.42. The summed E-state index contributed by atoms with van der Waals surface area (Å²) >= 11 is 0. The maximum atomic E-state index is 11.4. The van der Waals surface area contributed by atoms with Crippen molar-refractivity contribution in [1.82, 2.24) is 15.4 Å². The fourth-order valence-electron chi connectivity index (χ4n) is 1.52. The third kappa shape index (κ3) is 8.70. The quantitative estimate of drug-likeness (QED) is 0.460. The second-order valence-electron chi connectivity index (χ2n) is 4.82. The maximum Gasteiger partial charge on any atom is 0.314 e. The fourth-order valence-corrected chi connectivity index (χ4v) is 2.09. The minimum absolute atomic E-state index is 0.0120. The van der Waals surface area contributed by atoms with Gasteiger partial charge in [0.15, 0.2) is 0 Å². The minimum Gasteiger partial charge on any atom is -0.481 e. The molecule has 0 heterocycles. The summed E-state index contributed by atoms with van der Waals surface area (Å²) < 4.78 is 24.3. The molecule has 2 amide bonds. The molecule has 0 aliphatic carbocycles. The van der Waals surface area contributed by atoms with Gasteiger partial charge in [0.1, 0.15) is 0 Å². The van der Waals surface area contributed by atoms with Crippen molar-refractivity contribution in [2.75, 3.05) is 25.9 Å². The van der Waals surface area contributed by atoms with Crippen LogP contribution in [-0.4, -0.2) is 51.4 Å². The average Bonchev–Trinajstić information content (AvgIpc) is 2.33. The van der Waals surface area contributed by atoms with Gasteiger partial charge in [-0.05, 0) is 19.4 Å². The highest BCUT2D eigenvalue weighted by molar-refractivity contribution is 7.89. The van der Waals surface area contributed by atoms with Crippen LogP contribution in [0.3, 0.4) is 0 Å². The van der Waals surface area contributed by atoms with Crippen LogP contribution in [0.2, 0.25) is 0 Å². The van der Waals surface area contributed by atoms with Crippen molar-refractivity contribution < 1.29 is 23.1 Å². The zero-order chi connectivity index (χ0) is 15.8. The molecule has 0 aromatic heterocycles. The Morgan fingerprint density at radius 1 is 1.20 bits per heavy atom. The Morgan fingerprint density at radius 3 is 2.25 bits per heavy atom. The Hall–Kier alpha value is -1.35. The largest absolute Gasteiger partial charge is 0.481 e. The van der Waals surface area contributed by atoms with Crippen LogP contribution < -0.4 is 15.4 Å². The predicted octanol–water partition coefficient (Wildman–Crippen LogP) is -0.418. The average molecular weight is 309 g/mol. The summed E-state index contributed by atoms with van der Waals surface area (Å²) in [6, 6.07) is -0.577. The Kier molecular flexibility index (Phi) is 8.16. The van der Waals surface area contributed by atoms with Gasteiger partial charge in [0, 0.05) is 13.1 Å². The molecule has 0 saturated carbocycles. The van der Waals surface area contributed by atoms with Crippen molar-refractivity contribution in [2.24, 2.45) is 11.8 Å². The molecule has 0 fully saturated rings. The summed E-state index contributed by atoms with van der Waals surface area (Å²) in [5.41, 5.74) is 0. The zero-order valence-electron chi connectivity index (χ0n) is 12.0. The highest BCUT2D eigenvalue weighted by atomic mass is 32.2. The van der Waals surface area contributed by atoms with E-state index in [0.29, 0.717) is 6.42 Å². The van der Waals surface area contributed by atoms with Crippen molar-refractivity contribution in [3.63, 3.8) is 0 Å². The van der Waals surface area contributed by atoms with E-state index in [1.807, 2.05) is 13.8 Å².